The molecule has 0 saturated carbocycles. The van der Waals surface area contributed by atoms with Gasteiger partial charge < -0.3 is 9.47 Å². The zero-order valence-corrected chi connectivity index (χ0v) is 21.2. The van der Waals surface area contributed by atoms with E-state index in [-0.39, 0.29) is 0 Å². The topological polar surface area (TPSA) is 55.7 Å². The van der Waals surface area contributed by atoms with Crippen LogP contribution >= 0.6 is 46.1 Å². The van der Waals surface area contributed by atoms with E-state index in [0.717, 1.165) is 22.4 Å². The molecule has 0 atom stereocenters. The Labute approximate surface area is 216 Å². The Morgan fingerprint density at radius 1 is 0.941 bits per heavy atom. The molecule has 0 bridgehead atoms. The van der Waals surface area contributed by atoms with Crippen molar-refractivity contribution < 1.29 is 9.47 Å². The smallest absolute Gasteiger partial charge is 0.203 e. The quantitative estimate of drug-likeness (QED) is 0.174. The maximum absolute atomic E-state index is 6.28. The van der Waals surface area contributed by atoms with Gasteiger partial charge in [0.2, 0.25) is 5.13 Å². The van der Waals surface area contributed by atoms with E-state index in [2.05, 4.69) is 15.5 Å². The van der Waals surface area contributed by atoms with Crippen molar-refractivity contribution in [1.29, 1.82) is 0 Å². The zero-order valence-electron chi connectivity index (χ0n) is 18.1. The standard InChI is InChI=1S/C25H20Cl3N3O2S/c1-2-32-24-11-17(5-10-23(24)33-14-16-3-6-18(26)7-4-16)13-29-31-25-30-22(15-34-25)20-9-8-19(27)12-21(20)28/h3-13,15H,2,14H2,1H3,(H,30,31)/b29-13-. The van der Waals surface area contributed by atoms with Gasteiger partial charge in [-0.25, -0.2) is 4.98 Å². The lowest BCUT2D eigenvalue weighted by molar-refractivity contribution is 0.269. The molecule has 0 aliphatic heterocycles. The van der Waals surface area contributed by atoms with Crippen LogP contribution in [0.25, 0.3) is 11.3 Å². The Hall–Kier alpha value is -2.77. The van der Waals surface area contributed by atoms with E-state index in [1.54, 1.807) is 18.3 Å². The second kappa shape index (κ2) is 11.6. The molecule has 0 spiro atoms. The Morgan fingerprint density at radius 2 is 1.74 bits per heavy atom. The van der Waals surface area contributed by atoms with Crippen molar-refractivity contribution in [1.82, 2.24) is 4.98 Å². The summed E-state index contributed by atoms with van der Waals surface area (Å²) in [6.45, 7) is 2.86. The molecule has 0 unspecified atom stereocenters. The summed E-state index contributed by atoms with van der Waals surface area (Å²) in [7, 11) is 0. The van der Waals surface area contributed by atoms with Gasteiger partial charge in [-0.05, 0) is 66.6 Å². The number of hydrazone groups is 1. The number of thiazole rings is 1. The fourth-order valence-corrected chi connectivity index (χ4v) is 4.33. The van der Waals surface area contributed by atoms with E-state index in [1.807, 2.05) is 60.8 Å². The van der Waals surface area contributed by atoms with Crippen LogP contribution in [0, 0.1) is 0 Å². The van der Waals surface area contributed by atoms with Crippen LogP contribution < -0.4 is 14.9 Å². The minimum Gasteiger partial charge on any atom is -0.490 e. The first kappa shape index (κ1) is 24.4. The molecule has 5 nitrogen and oxygen atoms in total. The zero-order chi connectivity index (χ0) is 23.9. The molecule has 1 heterocycles. The maximum atomic E-state index is 6.28. The molecule has 0 radical (unpaired) electrons. The van der Waals surface area contributed by atoms with Crippen molar-refractivity contribution in [2.75, 3.05) is 12.0 Å². The van der Waals surface area contributed by atoms with Crippen LogP contribution in [0.3, 0.4) is 0 Å². The molecule has 1 N–H and O–H groups in total. The number of rotatable bonds is 9. The monoisotopic (exact) mass is 531 g/mol. The predicted octanol–water partition coefficient (Wildman–Crippen LogP) is 8.19. The largest absolute Gasteiger partial charge is 0.490 e. The van der Waals surface area contributed by atoms with Crippen molar-refractivity contribution in [3.8, 4) is 22.8 Å². The summed E-state index contributed by atoms with van der Waals surface area (Å²) < 4.78 is 11.7. The molecule has 0 aliphatic carbocycles. The van der Waals surface area contributed by atoms with Gasteiger partial charge in [-0.3, -0.25) is 5.43 Å². The number of halogens is 3. The Bertz CT molecular complexity index is 1290. The Balaban J connectivity index is 1.41. The molecule has 4 aromatic rings. The summed E-state index contributed by atoms with van der Waals surface area (Å²) in [6, 6.07) is 18.5. The van der Waals surface area contributed by atoms with Gasteiger partial charge >= 0.3 is 0 Å². The van der Waals surface area contributed by atoms with E-state index >= 15 is 0 Å². The molecule has 34 heavy (non-hydrogen) atoms. The van der Waals surface area contributed by atoms with E-state index < -0.39 is 0 Å². The van der Waals surface area contributed by atoms with Crippen LogP contribution in [0.2, 0.25) is 15.1 Å². The number of hydrogen-bond acceptors (Lipinski definition) is 6. The molecule has 4 rings (SSSR count). The minimum absolute atomic E-state index is 0.413. The van der Waals surface area contributed by atoms with Crippen molar-refractivity contribution in [3.05, 3.63) is 92.2 Å². The van der Waals surface area contributed by atoms with Crippen LogP contribution in [0.5, 0.6) is 11.5 Å². The lowest BCUT2D eigenvalue weighted by atomic mass is 10.2. The molecule has 0 saturated heterocycles. The normalized spacial score (nSPS) is 11.1. The summed E-state index contributed by atoms with van der Waals surface area (Å²) in [5.74, 6) is 1.31. The summed E-state index contributed by atoms with van der Waals surface area (Å²) in [4.78, 5) is 4.54. The van der Waals surface area contributed by atoms with E-state index in [1.165, 1.54) is 11.3 Å². The van der Waals surface area contributed by atoms with Crippen LogP contribution in [-0.2, 0) is 6.61 Å². The molecular formula is C25H20Cl3N3O2S. The summed E-state index contributed by atoms with van der Waals surface area (Å²) in [5, 5.41) is 8.68. The van der Waals surface area contributed by atoms with Crippen molar-refractivity contribution in [2.24, 2.45) is 5.10 Å². The molecule has 3 aromatic carbocycles. The third-order valence-electron chi connectivity index (χ3n) is 4.66. The maximum Gasteiger partial charge on any atom is 0.203 e. The summed E-state index contributed by atoms with van der Waals surface area (Å²) in [6.07, 6.45) is 1.70. The molecule has 0 amide bonds. The first-order chi connectivity index (χ1) is 16.5. The van der Waals surface area contributed by atoms with Crippen LogP contribution in [0.1, 0.15) is 18.1 Å². The molecule has 174 valence electrons. The van der Waals surface area contributed by atoms with E-state index in [0.29, 0.717) is 44.9 Å². The number of benzene rings is 3. The van der Waals surface area contributed by atoms with Gasteiger partial charge in [0, 0.05) is 21.0 Å². The van der Waals surface area contributed by atoms with Gasteiger partial charge in [-0.15, -0.1) is 11.3 Å². The summed E-state index contributed by atoms with van der Waals surface area (Å²) >= 11 is 19.6. The fourth-order valence-electron chi connectivity index (χ4n) is 3.04. The molecule has 1 aromatic heterocycles. The van der Waals surface area contributed by atoms with Gasteiger partial charge in [0.15, 0.2) is 11.5 Å². The number of hydrogen-bond donors (Lipinski definition) is 1. The SMILES string of the molecule is CCOc1cc(/C=N\Nc2nc(-c3ccc(Cl)cc3Cl)cs2)ccc1OCc1ccc(Cl)cc1. The molecular weight excluding hydrogens is 513 g/mol. The molecule has 9 heteroatoms. The molecule has 0 fully saturated rings. The van der Waals surface area contributed by atoms with Crippen LogP contribution in [0.4, 0.5) is 5.13 Å². The van der Waals surface area contributed by atoms with Gasteiger partial charge in [-0.1, -0.05) is 46.9 Å². The lowest BCUT2D eigenvalue weighted by Gasteiger charge is -2.12. The van der Waals surface area contributed by atoms with Gasteiger partial charge in [-0.2, -0.15) is 5.10 Å². The highest BCUT2D eigenvalue weighted by atomic mass is 35.5. The highest BCUT2D eigenvalue weighted by Gasteiger charge is 2.09. The predicted molar refractivity (Wildman–Crippen MR) is 142 cm³/mol. The second-order valence-corrected chi connectivity index (χ2v) is 9.22. The van der Waals surface area contributed by atoms with Crippen molar-refractivity contribution >= 4 is 57.5 Å². The van der Waals surface area contributed by atoms with Crippen LogP contribution in [-0.4, -0.2) is 17.8 Å². The number of ether oxygens (including phenoxy) is 2. The van der Waals surface area contributed by atoms with Crippen molar-refractivity contribution in [2.45, 2.75) is 13.5 Å². The van der Waals surface area contributed by atoms with Gasteiger partial charge in [0.05, 0.1) is 23.5 Å². The highest BCUT2D eigenvalue weighted by molar-refractivity contribution is 7.14. The fraction of sp³-hybridized carbons (Fsp3) is 0.120. The van der Waals surface area contributed by atoms with Crippen LogP contribution in [0.15, 0.2) is 71.1 Å². The lowest BCUT2D eigenvalue weighted by Crippen LogP contribution is -2.00. The first-order valence-corrected chi connectivity index (χ1v) is 12.4. The second-order valence-electron chi connectivity index (χ2n) is 7.09. The highest BCUT2D eigenvalue weighted by Crippen LogP contribution is 2.32. The number of nitrogens with zero attached hydrogens (tertiary/aromatic N) is 2. The average molecular weight is 533 g/mol. The third-order valence-corrected chi connectivity index (χ3v) is 6.21. The van der Waals surface area contributed by atoms with E-state index in [9.17, 15) is 0 Å². The number of anilines is 1. The van der Waals surface area contributed by atoms with E-state index in [4.69, 9.17) is 44.3 Å². The van der Waals surface area contributed by atoms with Gasteiger partial charge in [0.25, 0.3) is 0 Å². The minimum atomic E-state index is 0.413. The van der Waals surface area contributed by atoms with Crippen molar-refractivity contribution in [3.63, 3.8) is 0 Å². The Morgan fingerprint density at radius 3 is 2.50 bits per heavy atom. The third kappa shape index (κ3) is 6.42. The average Bonchev–Trinajstić information content (AvgIpc) is 3.28. The number of aromatic nitrogens is 1. The molecule has 0 aliphatic rings. The summed E-state index contributed by atoms with van der Waals surface area (Å²) in [5.41, 5.74) is 6.40. The number of nitrogens with one attached hydrogen (secondary N) is 1. The first-order valence-electron chi connectivity index (χ1n) is 10.4. The Kier molecular flexibility index (Phi) is 8.29. The van der Waals surface area contributed by atoms with Gasteiger partial charge in [0.1, 0.15) is 6.61 Å².